The van der Waals surface area contributed by atoms with Gasteiger partial charge in [-0.3, -0.25) is 4.79 Å². The van der Waals surface area contributed by atoms with Crippen molar-refractivity contribution in [3.63, 3.8) is 0 Å². The molecule has 2 heterocycles. The lowest BCUT2D eigenvalue weighted by atomic mass is 9.96. The summed E-state index contributed by atoms with van der Waals surface area (Å²) >= 11 is 0. The number of nitrogens with one attached hydrogen (secondary N) is 2. The van der Waals surface area contributed by atoms with Crippen molar-refractivity contribution < 1.29 is 4.79 Å². The van der Waals surface area contributed by atoms with Crippen LogP contribution < -0.4 is 5.32 Å². The van der Waals surface area contributed by atoms with Crippen molar-refractivity contribution in [3.05, 3.63) is 77.6 Å². The first-order chi connectivity index (χ1) is 10.3. The number of H-pyrrole nitrogens is 1. The SMILES string of the molecule is O=C(c1ccccc1)C1NC=Cc2c1[nH]c1ccccc21. The molecule has 0 spiro atoms. The summed E-state index contributed by atoms with van der Waals surface area (Å²) in [6.45, 7) is 0. The molecule has 1 atom stereocenters. The molecule has 1 aliphatic heterocycles. The predicted octanol–water partition coefficient (Wildman–Crippen LogP) is 3.67. The summed E-state index contributed by atoms with van der Waals surface area (Å²) in [6.07, 6.45) is 3.87. The Morgan fingerprint density at radius 2 is 1.71 bits per heavy atom. The van der Waals surface area contributed by atoms with Gasteiger partial charge in [0.1, 0.15) is 6.04 Å². The van der Waals surface area contributed by atoms with Gasteiger partial charge in [0.05, 0.1) is 5.69 Å². The number of aromatic nitrogens is 1. The highest BCUT2D eigenvalue weighted by Gasteiger charge is 2.27. The molecule has 1 aromatic heterocycles. The van der Waals surface area contributed by atoms with E-state index in [1.54, 1.807) is 0 Å². The van der Waals surface area contributed by atoms with E-state index in [1.807, 2.05) is 60.8 Å². The maximum absolute atomic E-state index is 12.7. The van der Waals surface area contributed by atoms with Gasteiger partial charge in [0.25, 0.3) is 0 Å². The van der Waals surface area contributed by atoms with Crippen LogP contribution in [0, 0.1) is 0 Å². The molecule has 0 saturated heterocycles. The van der Waals surface area contributed by atoms with Crippen LogP contribution in [0.25, 0.3) is 17.0 Å². The van der Waals surface area contributed by atoms with Crippen LogP contribution in [0.15, 0.2) is 60.8 Å². The summed E-state index contributed by atoms with van der Waals surface area (Å²) in [7, 11) is 0. The fourth-order valence-electron chi connectivity index (χ4n) is 2.88. The van der Waals surface area contributed by atoms with Gasteiger partial charge in [0.15, 0.2) is 5.78 Å². The highest BCUT2D eigenvalue weighted by atomic mass is 16.1. The Bertz CT molecular complexity index is 846. The van der Waals surface area contributed by atoms with Crippen molar-refractivity contribution >= 4 is 22.8 Å². The van der Waals surface area contributed by atoms with Gasteiger partial charge in [-0.1, -0.05) is 48.5 Å². The standard InChI is InChI=1S/C18H14N2O/c21-18(12-6-2-1-3-7-12)17-16-14(10-11-19-17)13-8-4-5-9-15(13)20-16/h1-11,17,19-20H. The van der Waals surface area contributed by atoms with E-state index in [2.05, 4.69) is 16.4 Å². The second-order valence-corrected chi connectivity index (χ2v) is 5.16. The van der Waals surface area contributed by atoms with Crippen LogP contribution in [0.3, 0.4) is 0 Å². The maximum atomic E-state index is 12.7. The number of para-hydroxylation sites is 1. The van der Waals surface area contributed by atoms with Crippen LogP contribution in [0.1, 0.15) is 27.7 Å². The van der Waals surface area contributed by atoms with Crippen LogP contribution >= 0.6 is 0 Å². The highest BCUT2D eigenvalue weighted by molar-refractivity contribution is 6.03. The smallest absolute Gasteiger partial charge is 0.191 e. The van der Waals surface area contributed by atoms with E-state index in [-0.39, 0.29) is 11.8 Å². The van der Waals surface area contributed by atoms with E-state index in [9.17, 15) is 4.79 Å². The third kappa shape index (κ3) is 1.86. The molecule has 2 aromatic carbocycles. The molecule has 0 aliphatic carbocycles. The molecule has 21 heavy (non-hydrogen) atoms. The number of benzene rings is 2. The molecule has 102 valence electrons. The van der Waals surface area contributed by atoms with Gasteiger partial charge in [0.2, 0.25) is 0 Å². The van der Waals surface area contributed by atoms with E-state index in [0.717, 1.165) is 27.7 Å². The van der Waals surface area contributed by atoms with Gasteiger partial charge in [-0.05, 0) is 18.3 Å². The van der Waals surface area contributed by atoms with Gasteiger partial charge in [-0.25, -0.2) is 0 Å². The quantitative estimate of drug-likeness (QED) is 0.700. The zero-order valence-electron chi connectivity index (χ0n) is 11.3. The Morgan fingerprint density at radius 1 is 0.952 bits per heavy atom. The molecule has 0 bridgehead atoms. The van der Waals surface area contributed by atoms with E-state index in [1.165, 1.54) is 0 Å². The van der Waals surface area contributed by atoms with Crippen molar-refractivity contribution in [1.29, 1.82) is 0 Å². The molecular formula is C18H14N2O. The summed E-state index contributed by atoms with van der Waals surface area (Å²) in [6, 6.07) is 17.1. The second-order valence-electron chi connectivity index (χ2n) is 5.16. The predicted molar refractivity (Wildman–Crippen MR) is 84.0 cm³/mol. The second kappa shape index (κ2) is 4.63. The third-order valence-electron chi connectivity index (χ3n) is 3.90. The van der Waals surface area contributed by atoms with Crippen LogP contribution in [0.4, 0.5) is 0 Å². The molecule has 0 amide bonds. The summed E-state index contributed by atoms with van der Waals surface area (Å²) in [5, 5.41) is 4.32. The average molecular weight is 274 g/mol. The number of ketones is 1. The number of rotatable bonds is 2. The molecule has 0 radical (unpaired) electrons. The summed E-state index contributed by atoms with van der Waals surface area (Å²) in [5.74, 6) is 0.0766. The van der Waals surface area contributed by atoms with Crippen LogP contribution in [0.2, 0.25) is 0 Å². The minimum atomic E-state index is -0.361. The number of carbonyl (C=O) groups excluding carboxylic acids is 1. The lowest BCUT2D eigenvalue weighted by molar-refractivity contribution is 0.0947. The molecule has 2 N–H and O–H groups in total. The first-order valence-electron chi connectivity index (χ1n) is 6.97. The number of Topliss-reactive ketones (excluding diaryl/α,β-unsaturated/α-hetero) is 1. The number of fused-ring (bicyclic) bond motifs is 3. The van der Waals surface area contributed by atoms with Crippen LogP contribution in [-0.4, -0.2) is 10.8 Å². The van der Waals surface area contributed by atoms with E-state index in [0.29, 0.717) is 0 Å². The zero-order valence-corrected chi connectivity index (χ0v) is 11.3. The molecular weight excluding hydrogens is 260 g/mol. The van der Waals surface area contributed by atoms with Crippen molar-refractivity contribution in [3.8, 4) is 0 Å². The first-order valence-corrected chi connectivity index (χ1v) is 6.97. The minimum absolute atomic E-state index is 0.0766. The van der Waals surface area contributed by atoms with Gasteiger partial charge in [-0.15, -0.1) is 0 Å². The Balaban J connectivity index is 1.84. The molecule has 0 saturated carbocycles. The molecule has 0 fully saturated rings. The number of hydrogen-bond donors (Lipinski definition) is 2. The largest absolute Gasteiger partial charge is 0.376 e. The van der Waals surface area contributed by atoms with Crippen molar-refractivity contribution in [2.45, 2.75) is 6.04 Å². The molecule has 1 unspecified atom stereocenters. The van der Waals surface area contributed by atoms with E-state index < -0.39 is 0 Å². The Hall–Kier alpha value is -2.81. The summed E-state index contributed by atoms with van der Waals surface area (Å²) in [5.41, 5.74) is 3.81. The topological polar surface area (TPSA) is 44.9 Å². The molecule has 1 aliphatic rings. The van der Waals surface area contributed by atoms with Crippen molar-refractivity contribution in [1.82, 2.24) is 10.3 Å². The monoisotopic (exact) mass is 274 g/mol. The molecule has 3 aromatic rings. The first kappa shape index (κ1) is 12.0. The van der Waals surface area contributed by atoms with Crippen molar-refractivity contribution in [2.24, 2.45) is 0 Å². The number of hydrogen-bond acceptors (Lipinski definition) is 2. The average Bonchev–Trinajstić information content (AvgIpc) is 2.94. The van der Waals surface area contributed by atoms with E-state index >= 15 is 0 Å². The Morgan fingerprint density at radius 3 is 2.57 bits per heavy atom. The van der Waals surface area contributed by atoms with Gasteiger partial charge < -0.3 is 10.3 Å². The van der Waals surface area contributed by atoms with E-state index in [4.69, 9.17) is 0 Å². The number of aromatic amines is 1. The fraction of sp³-hybridized carbons (Fsp3) is 0.0556. The Labute approximate surface area is 122 Å². The molecule has 3 heteroatoms. The zero-order chi connectivity index (χ0) is 14.2. The third-order valence-corrected chi connectivity index (χ3v) is 3.90. The normalized spacial score (nSPS) is 16.5. The molecule has 4 rings (SSSR count). The maximum Gasteiger partial charge on any atom is 0.191 e. The lowest BCUT2D eigenvalue weighted by Crippen LogP contribution is -2.27. The van der Waals surface area contributed by atoms with Gasteiger partial charge >= 0.3 is 0 Å². The highest BCUT2D eigenvalue weighted by Crippen LogP contribution is 2.32. The Kier molecular flexibility index (Phi) is 2.64. The van der Waals surface area contributed by atoms with Crippen molar-refractivity contribution in [2.75, 3.05) is 0 Å². The minimum Gasteiger partial charge on any atom is -0.376 e. The summed E-state index contributed by atoms with van der Waals surface area (Å²) < 4.78 is 0. The van der Waals surface area contributed by atoms with Gasteiger partial charge in [-0.2, -0.15) is 0 Å². The van der Waals surface area contributed by atoms with Crippen LogP contribution in [0.5, 0.6) is 0 Å². The fourth-order valence-corrected chi connectivity index (χ4v) is 2.88. The van der Waals surface area contributed by atoms with Gasteiger partial charge in [0, 0.05) is 22.0 Å². The lowest BCUT2D eigenvalue weighted by Gasteiger charge is -2.20. The number of carbonyl (C=O) groups is 1. The molecule has 3 nitrogen and oxygen atoms in total. The summed E-state index contributed by atoms with van der Waals surface area (Å²) in [4.78, 5) is 16.1. The van der Waals surface area contributed by atoms with Crippen LogP contribution in [-0.2, 0) is 0 Å².